The highest BCUT2D eigenvalue weighted by molar-refractivity contribution is 7.71. The molecule has 2 atom stereocenters. The van der Waals surface area contributed by atoms with E-state index in [0.717, 1.165) is 17.6 Å². The molecule has 3 rings (SSSR count). The minimum Gasteiger partial charge on any atom is -0.331 e. The largest absolute Gasteiger partial charge is 0.331 e. The van der Waals surface area contributed by atoms with Gasteiger partial charge in [0, 0.05) is 12.6 Å². The fourth-order valence-electron chi connectivity index (χ4n) is 3.06. The minimum atomic E-state index is -0.392. The number of fused-ring (bicyclic) bond motifs is 1. The van der Waals surface area contributed by atoms with Gasteiger partial charge in [-0.25, -0.2) is 4.39 Å². The number of imidazole rings is 1. The number of benzene rings is 1. The molecule has 0 amide bonds. The molecule has 0 aliphatic heterocycles. The van der Waals surface area contributed by atoms with Gasteiger partial charge in [-0.15, -0.1) is 0 Å². The third kappa shape index (κ3) is 2.32. The molecule has 0 radical (unpaired) electrons. The number of aromatic amines is 1. The lowest BCUT2D eigenvalue weighted by atomic mass is 9.98. The molecule has 1 saturated carbocycles. The lowest BCUT2D eigenvalue weighted by Crippen LogP contribution is -2.13. The highest BCUT2D eigenvalue weighted by Gasteiger charge is 2.24. The molecule has 19 heavy (non-hydrogen) atoms. The molecule has 2 unspecified atom stereocenters. The van der Waals surface area contributed by atoms with Gasteiger partial charge < -0.3 is 9.55 Å². The molecule has 1 aromatic carbocycles. The number of hydrogen-bond donors (Lipinski definition) is 1. The first-order valence-corrected chi connectivity index (χ1v) is 7.42. The summed E-state index contributed by atoms with van der Waals surface area (Å²) in [6, 6.07) is 3.08. The molecule has 1 aliphatic carbocycles. The summed E-state index contributed by atoms with van der Waals surface area (Å²) in [6.07, 6.45) is 3.79. The highest BCUT2D eigenvalue weighted by atomic mass is 35.5. The van der Waals surface area contributed by atoms with E-state index in [1.54, 1.807) is 6.07 Å². The second-order valence-electron chi connectivity index (χ2n) is 5.49. The summed E-state index contributed by atoms with van der Waals surface area (Å²) in [6.45, 7) is 3.15. The van der Waals surface area contributed by atoms with Crippen molar-refractivity contribution in [3.05, 3.63) is 27.7 Å². The molecule has 0 spiro atoms. The smallest absolute Gasteiger partial charge is 0.178 e. The molecular formula is C14H16ClFN2S. The van der Waals surface area contributed by atoms with Crippen LogP contribution in [-0.4, -0.2) is 9.55 Å². The summed E-state index contributed by atoms with van der Waals surface area (Å²) in [7, 11) is 0. The number of H-pyrrole nitrogens is 1. The maximum Gasteiger partial charge on any atom is 0.178 e. The molecule has 2 aromatic rings. The number of aromatic nitrogens is 2. The Morgan fingerprint density at radius 2 is 2.26 bits per heavy atom. The first-order chi connectivity index (χ1) is 9.06. The number of rotatable bonds is 2. The summed E-state index contributed by atoms with van der Waals surface area (Å²) in [4.78, 5) is 3.11. The molecule has 1 aromatic heterocycles. The van der Waals surface area contributed by atoms with E-state index >= 15 is 0 Å². The Morgan fingerprint density at radius 3 is 2.95 bits per heavy atom. The predicted octanol–water partition coefficient (Wildman–Crippen LogP) is 4.93. The van der Waals surface area contributed by atoms with E-state index < -0.39 is 5.82 Å². The van der Waals surface area contributed by atoms with Crippen molar-refractivity contribution in [2.24, 2.45) is 11.8 Å². The van der Waals surface area contributed by atoms with E-state index in [9.17, 15) is 4.39 Å². The van der Waals surface area contributed by atoms with E-state index in [2.05, 4.69) is 11.9 Å². The van der Waals surface area contributed by atoms with Crippen LogP contribution < -0.4 is 0 Å². The van der Waals surface area contributed by atoms with Crippen LogP contribution in [0.1, 0.15) is 26.2 Å². The topological polar surface area (TPSA) is 20.7 Å². The van der Waals surface area contributed by atoms with Gasteiger partial charge in [0.15, 0.2) is 4.77 Å². The zero-order valence-corrected chi connectivity index (χ0v) is 12.3. The van der Waals surface area contributed by atoms with Crippen molar-refractivity contribution in [1.82, 2.24) is 9.55 Å². The van der Waals surface area contributed by atoms with Crippen LogP contribution >= 0.6 is 23.8 Å². The molecule has 102 valence electrons. The minimum absolute atomic E-state index is 0.130. The third-order valence-corrected chi connectivity index (χ3v) is 4.88. The summed E-state index contributed by atoms with van der Waals surface area (Å²) >= 11 is 11.2. The average molecular weight is 299 g/mol. The van der Waals surface area contributed by atoms with Crippen LogP contribution in [0.4, 0.5) is 4.39 Å². The first-order valence-electron chi connectivity index (χ1n) is 6.64. The second kappa shape index (κ2) is 4.91. The Labute approximate surface area is 121 Å². The second-order valence-corrected chi connectivity index (χ2v) is 6.29. The molecular weight excluding hydrogens is 283 g/mol. The monoisotopic (exact) mass is 298 g/mol. The number of nitrogens with zero attached hydrogens (tertiary/aromatic N) is 1. The first kappa shape index (κ1) is 13.1. The lowest BCUT2D eigenvalue weighted by molar-refractivity contribution is 0.366. The highest BCUT2D eigenvalue weighted by Crippen LogP contribution is 2.33. The Bertz CT molecular complexity index is 676. The molecule has 0 saturated heterocycles. The normalized spacial score (nSPS) is 23.3. The Hall–Kier alpha value is -0.870. The molecule has 2 nitrogen and oxygen atoms in total. The zero-order valence-electron chi connectivity index (χ0n) is 10.7. The van der Waals surface area contributed by atoms with Crippen molar-refractivity contribution in [3.63, 3.8) is 0 Å². The summed E-state index contributed by atoms with van der Waals surface area (Å²) < 4.78 is 16.3. The Kier molecular flexibility index (Phi) is 3.39. The molecule has 5 heteroatoms. The third-order valence-electron chi connectivity index (χ3n) is 4.27. The van der Waals surface area contributed by atoms with Gasteiger partial charge in [-0.1, -0.05) is 31.4 Å². The fourth-order valence-corrected chi connectivity index (χ4v) is 3.51. The molecule has 0 bridgehead atoms. The van der Waals surface area contributed by atoms with E-state index in [-0.39, 0.29) is 5.02 Å². The number of nitrogens with one attached hydrogen (secondary N) is 1. The zero-order chi connectivity index (χ0) is 13.6. The SMILES string of the molecule is CC1CCCC1Cn1c(=S)[nH]c2cc(Cl)c(F)cc21. The van der Waals surface area contributed by atoms with E-state index in [1.807, 2.05) is 4.57 Å². The van der Waals surface area contributed by atoms with Crippen LogP contribution in [-0.2, 0) is 6.54 Å². The Balaban J connectivity index is 2.05. The van der Waals surface area contributed by atoms with Gasteiger partial charge >= 0.3 is 0 Å². The van der Waals surface area contributed by atoms with Crippen LogP contribution in [0.2, 0.25) is 5.02 Å². The quantitative estimate of drug-likeness (QED) is 0.780. The maximum atomic E-state index is 13.6. The fraction of sp³-hybridized carbons (Fsp3) is 0.500. The van der Waals surface area contributed by atoms with Crippen molar-refractivity contribution in [1.29, 1.82) is 0 Å². The average Bonchev–Trinajstić information content (AvgIpc) is 2.88. The van der Waals surface area contributed by atoms with Gasteiger partial charge in [-0.2, -0.15) is 0 Å². The van der Waals surface area contributed by atoms with Crippen molar-refractivity contribution >= 4 is 34.9 Å². The number of hydrogen-bond acceptors (Lipinski definition) is 1. The van der Waals surface area contributed by atoms with E-state index in [4.69, 9.17) is 23.8 Å². The van der Waals surface area contributed by atoms with E-state index in [0.29, 0.717) is 16.6 Å². The van der Waals surface area contributed by atoms with Crippen LogP contribution in [0.3, 0.4) is 0 Å². The van der Waals surface area contributed by atoms with Crippen molar-refractivity contribution in [3.8, 4) is 0 Å². The van der Waals surface area contributed by atoms with Crippen LogP contribution in [0.15, 0.2) is 12.1 Å². The Morgan fingerprint density at radius 1 is 1.47 bits per heavy atom. The van der Waals surface area contributed by atoms with Gasteiger partial charge in [0.25, 0.3) is 0 Å². The molecule has 1 fully saturated rings. The maximum absolute atomic E-state index is 13.6. The molecule has 1 heterocycles. The molecule has 1 aliphatic rings. The van der Waals surface area contributed by atoms with Crippen LogP contribution in [0, 0.1) is 22.4 Å². The van der Waals surface area contributed by atoms with Crippen LogP contribution in [0.25, 0.3) is 11.0 Å². The number of halogens is 2. The predicted molar refractivity (Wildman–Crippen MR) is 78.6 cm³/mol. The standard InChI is InChI=1S/C14H16ClFN2S/c1-8-3-2-4-9(8)7-18-13-6-11(16)10(15)5-12(13)17-14(18)19/h5-6,8-9H,2-4,7H2,1H3,(H,17,19). The van der Waals surface area contributed by atoms with E-state index in [1.165, 1.54) is 25.3 Å². The van der Waals surface area contributed by atoms with Crippen molar-refractivity contribution < 1.29 is 4.39 Å². The van der Waals surface area contributed by atoms with Crippen molar-refractivity contribution in [2.45, 2.75) is 32.7 Å². The summed E-state index contributed by atoms with van der Waals surface area (Å²) in [5.74, 6) is 0.949. The van der Waals surface area contributed by atoms with Gasteiger partial charge in [-0.3, -0.25) is 0 Å². The summed E-state index contributed by atoms with van der Waals surface area (Å²) in [5, 5.41) is 0.130. The summed E-state index contributed by atoms with van der Waals surface area (Å²) in [5.41, 5.74) is 1.62. The van der Waals surface area contributed by atoms with Gasteiger partial charge in [-0.05, 0) is 36.5 Å². The molecule has 1 N–H and O–H groups in total. The van der Waals surface area contributed by atoms with Crippen molar-refractivity contribution in [2.75, 3.05) is 0 Å². The van der Waals surface area contributed by atoms with Gasteiger partial charge in [0.1, 0.15) is 5.82 Å². The van der Waals surface area contributed by atoms with Gasteiger partial charge in [0.05, 0.1) is 16.1 Å². The van der Waals surface area contributed by atoms with Crippen LogP contribution in [0.5, 0.6) is 0 Å². The van der Waals surface area contributed by atoms with Gasteiger partial charge in [0.2, 0.25) is 0 Å². The lowest BCUT2D eigenvalue weighted by Gasteiger charge is -2.16.